The van der Waals surface area contributed by atoms with Gasteiger partial charge in [-0.25, -0.2) is 4.98 Å². The van der Waals surface area contributed by atoms with Gasteiger partial charge in [0.1, 0.15) is 16.2 Å². The van der Waals surface area contributed by atoms with Gasteiger partial charge in [-0.05, 0) is 31.5 Å². The molecule has 2 aromatic heterocycles. The van der Waals surface area contributed by atoms with Gasteiger partial charge < -0.3 is 5.32 Å². The minimum Gasteiger partial charge on any atom is -0.325 e. The lowest BCUT2D eigenvalue weighted by Gasteiger charge is -2.09. The molecular formula is C21H17ClN4OS2. The van der Waals surface area contributed by atoms with Crippen LogP contribution in [0.3, 0.4) is 0 Å². The van der Waals surface area contributed by atoms with Crippen LogP contribution < -0.4 is 5.32 Å². The lowest BCUT2D eigenvalue weighted by Crippen LogP contribution is -2.15. The van der Waals surface area contributed by atoms with E-state index in [-0.39, 0.29) is 11.7 Å². The molecule has 4 rings (SSSR count). The summed E-state index contributed by atoms with van der Waals surface area (Å²) in [6.07, 6.45) is 0. The number of hydrogen-bond acceptors (Lipinski definition) is 6. The molecular weight excluding hydrogens is 424 g/mol. The van der Waals surface area contributed by atoms with Gasteiger partial charge in [0.15, 0.2) is 0 Å². The average molecular weight is 441 g/mol. The van der Waals surface area contributed by atoms with Crippen molar-refractivity contribution in [3.05, 3.63) is 64.1 Å². The van der Waals surface area contributed by atoms with Crippen LogP contribution in [0.4, 0.5) is 5.69 Å². The fourth-order valence-electron chi connectivity index (χ4n) is 2.85. The molecule has 0 unspecified atom stereocenters. The van der Waals surface area contributed by atoms with E-state index in [1.54, 1.807) is 23.5 Å². The smallest absolute Gasteiger partial charge is 0.234 e. The van der Waals surface area contributed by atoms with Crippen molar-refractivity contribution < 1.29 is 4.79 Å². The number of benzene rings is 2. The first kappa shape index (κ1) is 19.8. The number of nitrogens with zero attached hydrogens (tertiary/aromatic N) is 3. The second-order valence-corrected chi connectivity index (χ2v) is 9.03. The normalized spacial score (nSPS) is 11.0. The van der Waals surface area contributed by atoms with Crippen molar-refractivity contribution in [2.75, 3.05) is 11.1 Å². The molecule has 0 radical (unpaired) electrons. The van der Waals surface area contributed by atoms with Gasteiger partial charge in [0, 0.05) is 16.3 Å². The van der Waals surface area contributed by atoms with E-state index >= 15 is 0 Å². The number of aryl methyl sites for hydroxylation is 2. The monoisotopic (exact) mass is 440 g/mol. The maximum atomic E-state index is 12.4. The van der Waals surface area contributed by atoms with Crippen molar-refractivity contribution in [2.24, 2.45) is 0 Å². The number of hydrogen-bond donors (Lipinski definition) is 1. The average Bonchev–Trinajstić information content (AvgIpc) is 3.11. The SMILES string of the molecule is Cc1nc2c(SCC(=O)Nc3cc(Cl)ccc3C)nnc(-c3ccccc3)c2s1. The second kappa shape index (κ2) is 8.49. The maximum absolute atomic E-state index is 12.4. The number of anilines is 1. The Morgan fingerprint density at radius 3 is 2.72 bits per heavy atom. The van der Waals surface area contributed by atoms with Crippen LogP contribution in [0.15, 0.2) is 53.6 Å². The fraction of sp³-hybridized carbons (Fsp3) is 0.143. The number of fused-ring (bicyclic) bond motifs is 1. The topological polar surface area (TPSA) is 67.8 Å². The Kier molecular flexibility index (Phi) is 5.80. The largest absolute Gasteiger partial charge is 0.325 e. The number of thiazole rings is 1. The summed E-state index contributed by atoms with van der Waals surface area (Å²) in [5, 5.41) is 13.9. The molecule has 2 heterocycles. The summed E-state index contributed by atoms with van der Waals surface area (Å²) >= 11 is 8.94. The lowest BCUT2D eigenvalue weighted by molar-refractivity contribution is -0.113. The van der Waals surface area contributed by atoms with E-state index < -0.39 is 0 Å². The lowest BCUT2D eigenvalue weighted by atomic mass is 10.1. The molecule has 0 bridgehead atoms. The minimum atomic E-state index is -0.130. The number of rotatable bonds is 5. The highest BCUT2D eigenvalue weighted by Crippen LogP contribution is 2.35. The molecule has 29 heavy (non-hydrogen) atoms. The van der Waals surface area contributed by atoms with Gasteiger partial charge in [-0.15, -0.1) is 21.5 Å². The van der Waals surface area contributed by atoms with E-state index in [2.05, 4.69) is 20.5 Å². The van der Waals surface area contributed by atoms with Crippen LogP contribution in [0.1, 0.15) is 10.6 Å². The van der Waals surface area contributed by atoms with Crippen molar-refractivity contribution in [1.82, 2.24) is 15.2 Å². The van der Waals surface area contributed by atoms with Gasteiger partial charge in [-0.3, -0.25) is 4.79 Å². The Labute approximate surface area is 181 Å². The van der Waals surface area contributed by atoms with Crippen LogP contribution >= 0.6 is 34.7 Å². The molecule has 1 N–H and O–H groups in total. The summed E-state index contributed by atoms with van der Waals surface area (Å²) in [6.45, 7) is 3.89. The summed E-state index contributed by atoms with van der Waals surface area (Å²) in [5.41, 5.74) is 4.27. The van der Waals surface area contributed by atoms with Crippen molar-refractivity contribution >= 4 is 56.5 Å². The first-order valence-electron chi connectivity index (χ1n) is 8.89. The highest BCUT2D eigenvalue weighted by Gasteiger charge is 2.17. The fourth-order valence-corrected chi connectivity index (χ4v) is 4.74. The molecule has 0 fully saturated rings. The molecule has 5 nitrogen and oxygen atoms in total. The first-order valence-corrected chi connectivity index (χ1v) is 11.1. The van der Waals surface area contributed by atoms with Gasteiger partial charge in [0.05, 0.1) is 15.5 Å². The molecule has 1 amide bonds. The Bertz CT molecular complexity index is 1190. The molecule has 0 saturated carbocycles. The standard InChI is InChI=1S/C21H17ClN4OS2/c1-12-8-9-15(22)10-16(12)24-17(27)11-28-21-19-20(29-13(2)23-19)18(25-26-21)14-6-4-3-5-7-14/h3-10H,11H2,1-2H3,(H,24,27). The third kappa shape index (κ3) is 4.42. The summed E-state index contributed by atoms with van der Waals surface area (Å²) in [5.74, 6) is 0.0752. The number of thioether (sulfide) groups is 1. The van der Waals surface area contributed by atoms with Gasteiger partial charge in [-0.1, -0.05) is 59.8 Å². The molecule has 0 aliphatic heterocycles. The maximum Gasteiger partial charge on any atom is 0.234 e. The summed E-state index contributed by atoms with van der Waals surface area (Å²) < 4.78 is 0.984. The number of aromatic nitrogens is 3. The van der Waals surface area contributed by atoms with Crippen molar-refractivity contribution in [3.63, 3.8) is 0 Å². The number of nitrogens with one attached hydrogen (secondary N) is 1. The predicted octanol–water partition coefficient (Wildman–Crippen LogP) is 5.75. The first-order chi connectivity index (χ1) is 14.0. The van der Waals surface area contributed by atoms with Gasteiger partial charge >= 0.3 is 0 Å². The van der Waals surface area contributed by atoms with Crippen LogP contribution in [0, 0.1) is 13.8 Å². The summed E-state index contributed by atoms with van der Waals surface area (Å²) in [7, 11) is 0. The number of halogens is 1. The van der Waals surface area contributed by atoms with E-state index in [4.69, 9.17) is 11.6 Å². The van der Waals surface area contributed by atoms with E-state index in [1.807, 2.05) is 50.2 Å². The zero-order valence-electron chi connectivity index (χ0n) is 15.8. The Morgan fingerprint density at radius 2 is 1.93 bits per heavy atom. The molecule has 146 valence electrons. The van der Waals surface area contributed by atoms with Crippen molar-refractivity contribution in [3.8, 4) is 11.3 Å². The molecule has 2 aromatic carbocycles. The molecule has 0 atom stereocenters. The molecule has 8 heteroatoms. The van der Waals surface area contributed by atoms with Crippen molar-refractivity contribution in [2.45, 2.75) is 18.9 Å². The molecule has 0 saturated heterocycles. The predicted molar refractivity (Wildman–Crippen MR) is 121 cm³/mol. The second-order valence-electron chi connectivity index (χ2n) is 6.43. The summed E-state index contributed by atoms with van der Waals surface area (Å²) in [6, 6.07) is 15.3. The number of amides is 1. The van der Waals surface area contributed by atoms with E-state index in [0.29, 0.717) is 15.7 Å². The Hall–Kier alpha value is -2.48. The molecule has 0 aliphatic carbocycles. The summed E-state index contributed by atoms with van der Waals surface area (Å²) in [4.78, 5) is 17.1. The minimum absolute atomic E-state index is 0.130. The van der Waals surface area contributed by atoms with Crippen LogP contribution in [0.25, 0.3) is 21.5 Å². The zero-order chi connectivity index (χ0) is 20.4. The van der Waals surface area contributed by atoms with E-state index in [9.17, 15) is 4.79 Å². The highest BCUT2D eigenvalue weighted by atomic mass is 35.5. The van der Waals surface area contributed by atoms with Crippen molar-refractivity contribution in [1.29, 1.82) is 0 Å². The van der Waals surface area contributed by atoms with E-state index in [0.717, 1.165) is 32.0 Å². The van der Waals surface area contributed by atoms with Crippen LogP contribution in [-0.2, 0) is 4.79 Å². The third-order valence-corrected chi connectivity index (χ3v) is 6.42. The molecule has 4 aromatic rings. The van der Waals surface area contributed by atoms with E-state index in [1.165, 1.54) is 11.8 Å². The Balaban J connectivity index is 1.56. The van der Waals surface area contributed by atoms with Gasteiger partial charge in [0.2, 0.25) is 5.91 Å². The number of carbonyl (C=O) groups excluding carboxylic acids is 1. The molecule has 0 spiro atoms. The number of carbonyl (C=O) groups is 1. The van der Waals surface area contributed by atoms with Gasteiger partial charge in [0.25, 0.3) is 0 Å². The van der Waals surface area contributed by atoms with Crippen LogP contribution in [0.5, 0.6) is 0 Å². The Morgan fingerprint density at radius 1 is 1.14 bits per heavy atom. The quantitative estimate of drug-likeness (QED) is 0.400. The third-order valence-electron chi connectivity index (χ3n) is 4.25. The van der Waals surface area contributed by atoms with Gasteiger partial charge in [-0.2, -0.15) is 0 Å². The zero-order valence-corrected chi connectivity index (χ0v) is 18.2. The highest BCUT2D eigenvalue weighted by molar-refractivity contribution is 8.00. The van der Waals surface area contributed by atoms with Crippen LogP contribution in [-0.4, -0.2) is 26.8 Å². The van der Waals surface area contributed by atoms with Crippen LogP contribution in [0.2, 0.25) is 5.02 Å². The molecule has 0 aliphatic rings.